The van der Waals surface area contributed by atoms with E-state index in [1.54, 1.807) is 0 Å². The summed E-state index contributed by atoms with van der Waals surface area (Å²) in [6.07, 6.45) is 10.7. The maximum absolute atomic E-state index is 4.74. The standard InChI is InChI=1S/C12H22N2/c1-3-7-11(13-9-5-1)12-8-4-2-6-10-14-12/h11,13H,1-10H2. The van der Waals surface area contributed by atoms with Crippen molar-refractivity contribution in [1.82, 2.24) is 5.32 Å². The molecule has 2 rings (SSSR count). The zero-order valence-corrected chi connectivity index (χ0v) is 9.10. The Kier molecular flexibility index (Phi) is 3.99. The van der Waals surface area contributed by atoms with E-state index in [0.29, 0.717) is 6.04 Å². The SMILES string of the molecule is C1CCN=C(C2CCCCCN2)CC1. The van der Waals surface area contributed by atoms with Gasteiger partial charge in [0.05, 0.1) is 0 Å². The van der Waals surface area contributed by atoms with Crippen LogP contribution in [0.5, 0.6) is 0 Å². The number of nitrogens with one attached hydrogen (secondary N) is 1. The highest BCUT2D eigenvalue weighted by molar-refractivity contribution is 5.89. The summed E-state index contributed by atoms with van der Waals surface area (Å²) in [6.45, 7) is 2.28. The number of rotatable bonds is 1. The molecule has 14 heavy (non-hydrogen) atoms. The molecule has 1 fully saturated rings. The van der Waals surface area contributed by atoms with Crippen molar-refractivity contribution in [3.63, 3.8) is 0 Å². The molecule has 1 unspecified atom stereocenters. The van der Waals surface area contributed by atoms with Gasteiger partial charge in [0.15, 0.2) is 0 Å². The smallest absolute Gasteiger partial charge is 0.0450 e. The average molecular weight is 194 g/mol. The van der Waals surface area contributed by atoms with Gasteiger partial charge in [0.1, 0.15) is 0 Å². The van der Waals surface area contributed by atoms with Crippen molar-refractivity contribution in [2.75, 3.05) is 13.1 Å². The van der Waals surface area contributed by atoms with Gasteiger partial charge in [0.25, 0.3) is 0 Å². The first-order chi connectivity index (χ1) is 6.97. The summed E-state index contributed by atoms with van der Waals surface area (Å²) in [4.78, 5) is 4.74. The van der Waals surface area contributed by atoms with Gasteiger partial charge in [0.2, 0.25) is 0 Å². The minimum atomic E-state index is 0.621. The van der Waals surface area contributed by atoms with E-state index in [0.717, 1.165) is 6.54 Å². The Balaban J connectivity index is 1.93. The Morgan fingerprint density at radius 2 is 1.93 bits per heavy atom. The van der Waals surface area contributed by atoms with Crippen molar-refractivity contribution in [2.45, 2.75) is 57.4 Å². The van der Waals surface area contributed by atoms with Crippen LogP contribution in [0.15, 0.2) is 4.99 Å². The quantitative estimate of drug-likeness (QED) is 0.681. The van der Waals surface area contributed by atoms with Gasteiger partial charge in [-0.25, -0.2) is 0 Å². The lowest BCUT2D eigenvalue weighted by Gasteiger charge is -2.17. The van der Waals surface area contributed by atoms with Crippen molar-refractivity contribution in [2.24, 2.45) is 4.99 Å². The maximum atomic E-state index is 4.74. The monoisotopic (exact) mass is 194 g/mol. The Morgan fingerprint density at radius 3 is 2.93 bits per heavy atom. The van der Waals surface area contributed by atoms with Crippen LogP contribution in [0, 0.1) is 0 Å². The predicted molar refractivity (Wildman–Crippen MR) is 61.0 cm³/mol. The molecule has 0 saturated carbocycles. The molecule has 0 bridgehead atoms. The van der Waals surface area contributed by atoms with Gasteiger partial charge in [-0.05, 0) is 38.6 Å². The van der Waals surface area contributed by atoms with Gasteiger partial charge in [-0.2, -0.15) is 0 Å². The Morgan fingerprint density at radius 1 is 1.00 bits per heavy atom. The highest BCUT2D eigenvalue weighted by Gasteiger charge is 2.17. The van der Waals surface area contributed by atoms with Gasteiger partial charge in [-0.3, -0.25) is 4.99 Å². The molecule has 0 spiro atoms. The molecule has 2 heterocycles. The van der Waals surface area contributed by atoms with Crippen LogP contribution in [0.3, 0.4) is 0 Å². The van der Waals surface area contributed by atoms with Gasteiger partial charge >= 0.3 is 0 Å². The zero-order chi connectivity index (χ0) is 9.64. The summed E-state index contributed by atoms with van der Waals surface area (Å²) in [5, 5.41) is 3.65. The van der Waals surface area contributed by atoms with Crippen LogP contribution in [0.25, 0.3) is 0 Å². The van der Waals surface area contributed by atoms with E-state index in [-0.39, 0.29) is 0 Å². The first-order valence-electron chi connectivity index (χ1n) is 6.23. The van der Waals surface area contributed by atoms with Crippen LogP contribution in [0.4, 0.5) is 0 Å². The molecule has 2 aliphatic heterocycles. The third kappa shape index (κ3) is 2.81. The zero-order valence-electron chi connectivity index (χ0n) is 9.10. The van der Waals surface area contributed by atoms with Crippen LogP contribution >= 0.6 is 0 Å². The normalized spacial score (nSPS) is 30.3. The van der Waals surface area contributed by atoms with Crippen molar-refractivity contribution in [3.05, 3.63) is 0 Å². The van der Waals surface area contributed by atoms with E-state index in [1.165, 1.54) is 63.6 Å². The third-order valence-electron chi connectivity index (χ3n) is 3.37. The number of hydrogen-bond donors (Lipinski definition) is 1. The van der Waals surface area contributed by atoms with E-state index in [1.807, 2.05) is 0 Å². The lowest BCUT2D eigenvalue weighted by molar-refractivity contribution is 0.613. The van der Waals surface area contributed by atoms with Crippen molar-refractivity contribution < 1.29 is 0 Å². The van der Waals surface area contributed by atoms with E-state index in [9.17, 15) is 0 Å². The summed E-state index contributed by atoms with van der Waals surface area (Å²) in [6, 6.07) is 0.621. The lowest BCUT2D eigenvalue weighted by atomic mass is 10.0. The van der Waals surface area contributed by atoms with Crippen molar-refractivity contribution >= 4 is 5.71 Å². The van der Waals surface area contributed by atoms with Crippen LogP contribution in [0.1, 0.15) is 51.4 Å². The van der Waals surface area contributed by atoms with Crippen molar-refractivity contribution in [1.29, 1.82) is 0 Å². The Labute approximate surface area is 87.2 Å². The number of aliphatic imine (C=N–C) groups is 1. The second-order valence-corrected chi connectivity index (χ2v) is 4.54. The molecule has 1 atom stereocenters. The van der Waals surface area contributed by atoms with Gasteiger partial charge in [-0.1, -0.05) is 19.3 Å². The molecule has 1 N–H and O–H groups in total. The summed E-state index contributed by atoms with van der Waals surface area (Å²) in [5.41, 5.74) is 1.48. The van der Waals surface area contributed by atoms with Crippen molar-refractivity contribution in [3.8, 4) is 0 Å². The highest BCUT2D eigenvalue weighted by atomic mass is 14.9. The molecular formula is C12H22N2. The molecule has 1 saturated heterocycles. The summed E-state index contributed by atoms with van der Waals surface area (Å²) < 4.78 is 0. The fraction of sp³-hybridized carbons (Fsp3) is 0.917. The van der Waals surface area contributed by atoms with Crippen LogP contribution in [0.2, 0.25) is 0 Å². The maximum Gasteiger partial charge on any atom is 0.0450 e. The molecule has 80 valence electrons. The van der Waals surface area contributed by atoms with Crippen LogP contribution in [-0.2, 0) is 0 Å². The second kappa shape index (κ2) is 5.50. The second-order valence-electron chi connectivity index (χ2n) is 4.54. The van der Waals surface area contributed by atoms with E-state index in [2.05, 4.69) is 5.32 Å². The molecule has 0 radical (unpaired) electrons. The average Bonchev–Trinajstić information content (AvgIpc) is 2.62. The van der Waals surface area contributed by atoms with E-state index in [4.69, 9.17) is 4.99 Å². The topological polar surface area (TPSA) is 24.4 Å². The first-order valence-corrected chi connectivity index (χ1v) is 6.23. The highest BCUT2D eigenvalue weighted by Crippen LogP contribution is 2.15. The summed E-state index contributed by atoms with van der Waals surface area (Å²) >= 11 is 0. The molecule has 0 aromatic carbocycles. The molecular weight excluding hydrogens is 172 g/mol. The first kappa shape index (κ1) is 10.2. The molecule has 0 aromatic heterocycles. The minimum Gasteiger partial charge on any atom is -0.309 e. The predicted octanol–water partition coefficient (Wildman–Crippen LogP) is 2.53. The van der Waals surface area contributed by atoms with Gasteiger partial charge in [0, 0.05) is 18.3 Å². The lowest BCUT2D eigenvalue weighted by Crippen LogP contribution is -2.36. The molecule has 0 aliphatic carbocycles. The largest absolute Gasteiger partial charge is 0.309 e. The summed E-state index contributed by atoms with van der Waals surface area (Å²) in [7, 11) is 0. The minimum absolute atomic E-state index is 0.621. The van der Waals surface area contributed by atoms with E-state index >= 15 is 0 Å². The number of nitrogens with zero attached hydrogens (tertiary/aromatic N) is 1. The molecule has 0 amide bonds. The van der Waals surface area contributed by atoms with E-state index < -0.39 is 0 Å². The fourth-order valence-electron chi connectivity index (χ4n) is 2.49. The fourth-order valence-corrected chi connectivity index (χ4v) is 2.49. The Hall–Kier alpha value is -0.370. The van der Waals surface area contributed by atoms with Crippen LogP contribution in [-0.4, -0.2) is 24.8 Å². The van der Waals surface area contributed by atoms with Crippen LogP contribution < -0.4 is 5.32 Å². The Bertz CT molecular complexity index is 190. The van der Waals surface area contributed by atoms with Gasteiger partial charge < -0.3 is 5.32 Å². The van der Waals surface area contributed by atoms with Gasteiger partial charge in [-0.15, -0.1) is 0 Å². The summed E-state index contributed by atoms with van der Waals surface area (Å²) in [5.74, 6) is 0. The molecule has 2 aliphatic rings. The molecule has 2 nitrogen and oxygen atoms in total. The molecule has 0 aromatic rings. The molecule has 2 heteroatoms. The number of hydrogen-bond acceptors (Lipinski definition) is 2. The third-order valence-corrected chi connectivity index (χ3v) is 3.37.